The molecule has 0 amide bonds. The van der Waals surface area contributed by atoms with Crippen LogP contribution in [0, 0.1) is 11.3 Å². The molecule has 0 spiro atoms. The highest BCUT2D eigenvalue weighted by molar-refractivity contribution is 5.57. The number of pyridine rings is 1. The maximum Gasteiger partial charge on any atom is 0.280 e. The van der Waals surface area contributed by atoms with Gasteiger partial charge in [0, 0.05) is 35.2 Å². The highest BCUT2D eigenvalue weighted by atomic mass is 16.3. The fourth-order valence-electron chi connectivity index (χ4n) is 5.55. The Hall–Kier alpha value is -3.58. The molecule has 0 N–H and O–H groups in total. The average molecular weight is 365 g/mol. The number of hydrogen-bond donors (Lipinski definition) is 0. The van der Waals surface area contributed by atoms with Gasteiger partial charge in [0.2, 0.25) is 0 Å². The second-order valence-electron chi connectivity index (χ2n) is 7.66. The second-order valence-corrected chi connectivity index (χ2v) is 7.66. The van der Waals surface area contributed by atoms with Crippen molar-refractivity contribution in [3.8, 4) is 6.07 Å². The van der Waals surface area contributed by atoms with Gasteiger partial charge in [-0.1, -0.05) is 30.3 Å². The number of rotatable bonds is 2. The zero-order valence-electron chi connectivity index (χ0n) is 15.1. The molecule has 2 bridgehead atoms. The summed E-state index contributed by atoms with van der Waals surface area (Å²) in [5.74, 6) is 0.0512. The monoisotopic (exact) mass is 365 g/mol. The van der Waals surface area contributed by atoms with Gasteiger partial charge in [-0.15, -0.1) is 0 Å². The zero-order chi connectivity index (χ0) is 18.8. The summed E-state index contributed by atoms with van der Waals surface area (Å²) in [5.41, 5.74) is 4.34. The minimum Gasteiger partial charge on any atom is -0.472 e. The largest absolute Gasteiger partial charge is 0.472 e. The molecule has 1 aromatic carbocycles. The molecule has 3 aliphatic rings. The summed E-state index contributed by atoms with van der Waals surface area (Å²) in [4.78, 5) is 0. The highest BCUT2D eigenvalue weighted by Crippen LogP contribution is 2.61. The van der Waals surface area contributed by atoms with Crippen LogP contribution in [-0.2, 0) is 11.0 Å². The number of aromatic nitrogens is 1. The second kappa shape index (κ2) is 5.24. The summed E-state index contributed by atoms with van der Waals surface area (Å²) in [6.45, 7) is 0. The van der Waals surface area contributed by atoms with Crippen LogP contribution < -0.4 is 4.57 Å². The van der Waals surface area contributed by atoms with Gasteiger partial charge in [-0.05, 0) is 17.7 Å². The van der Waals surface area contributed by atoms with Crippen LogP contribution in [0.3, 0.4) is 0 Å². The Kier molecular flexibility index (Phi) is 2.89. The molecule has 3 aromatic heterocycles. The molecule has 0 saturated heterocycles. The van der Waals surface area contributed by atoms with Gasteiger partial charge in [-0.3, -0.25) is 0 Å². The maximum absolute atomic E-state index is 10.6. The fraction of sp³-hybridized carbons (Fsp3) is 0.167. The molecule has 4 aromatic rings. The molecular weight excluding hydrogens is 348 g/mol. The first-order chi connectivity index (χ1) is 13.8. The maximum atomic E-state index is 10.6. The summed E-state index contributed by atoms with van der Waals surface area (Å²) in [5, 5.41) is 10.6. The Morgan fingerprint density at radius 3 is 2.32 bits per heavy atom. The van der Waals surface area contributed by atoms with Gasteiger partial charge in [0.25, 0.3) is 5.54 Å². The number of hydrogen-bond acceptors (Lipinski definition) is 3. The van der Waals surface area contributed by atoms with Crippen molar-refractivity contribution < 1.29 is 13.4 Å². The van der Waals surface area contributed by atoms with Crippen molar-refractivity contribution in [1.29, 1.82) is 5.26 Å². The van der Waals surface area contributed by atoms with Crippen LogP contribution in [0.15, 0.2) is 94.7 Å². The summed E-state index contributed by atoms with van der Waals surface area (Å²) in [6, 6.07) is 21.3. The molecule has 134 valence electrons. The first-order valence-corrected chi connectivity index (χ1v) is 9.38. The Balaban J connectivity index is 1.80. The van der Waals surface area contributed by atoms with Crippen molar-refractivity contribution >= 4 is 0 Å². The van der Waals surface area contributed by atoms with E-state index in [9.17, 15) is 5.26 Å². The van der Waals surface area contributed by atoms with Crippen LogP contribution in [0.1, 0.15) is 40.3 Å². The summed E-state index contributed by atoms with van der Waals surface area (Å²) in [6.07, 6.45) is 9.71. The van der Waals surface area contributed by atoms with E-state index in [0.29, 0.717) is 6.42 Å². The minimum absolute atomic E-state index is 0.0512. The third-order valence-electron chi connectivity index (χ3n) is 6.60. The summed E-state index contributed by atoms with van der Waals surface area (Å²) in [7, 11) is 0. The fourth-order valence-corrected chi connectivity index (χ4v) is 5.55. The van der Waals surface area contributed by atoms with Gasteiger partial charge >= 0.3 is 0 Å². The number of nitrogens with zero attached hydrogens (tertiary/aromatic N) is 2. The SMILES string of the molecule is N#C[C@@]12CC(c3ccoc3)(c3ccoc3)[C@@H](c3ccccc31)c1cccc[n+]12. The third kappa shape index (κ3) is 1.63. The average Bonchev–Trinajstić information content (AvgIpc) is 3.48. The van der Waals surface area contributed by atoms with Gasteiger partial charge in [0.15, 0.2) is 11.9 Å². The molecule has 28 heavy (non-hydrogen) atoms. The van der Waals surface area contributed by atoms with E-state index < -0.39 is 11.0 Å². The lowest BCUT2D eigenvalue weighted by Crippen LogP contribution is -2.70. The van der Waals surface area contributed by atoms with E-state index in [4.69, 9.17) is 8.83 Å². The van der Waals surface area contributed by atoms with Crippen molar-refractivity contribution in [3.05, 3.63) is 114 Å². The molecule has 7 rings (SSSR count). The lowest BCUT2D eigenvalue weighted by molar-refractivity contribution is -0.759. The molecular formula is C24H17N2O2+. The van der Waals surface area contributed by atoms with Crippen molar-refractivity contribution in [1.82, 2.24) is 0 Å². The molecule has 1 aliphatic carbocycles. The number of benzene rings is 1. The lowest BCUT2D eigenvalue weighted by Gasteiger charge is -2.51. The summed E-state index contributed by atoms with van der Waals surface area (Å²) < 4.78 is 13.2. The van der Waals surface area contributed by atoms with Crippen molar-refractivity contribution in [2.45, 2.75) is 23.3 Å². The Bertz CT molecular complexity index is 1130. The Morgan fingerprint density at radius 1 is 0.929 bits per heavy atom. The molecule has 0 saturated carbocycles. The van der Waals surface area contributed by atoms with E-state index in [1.165, 1.54) is 5.56 Å². The van der Waals surface area contributed by atoms with E-state index >= 15 is 0 Å². The Labute approximate surface area is 162 Å². The van der Waals surface area contributed by atoms with Crippen LogP contribution in [-0.4, -0.2) is 0 Å². The Morgan fingerprint density at radius 2 is 1.64 bits per heavy atom. The van der Waals surface area contributed by atoms with E-state index in [-0.39, 0.29) is 5.92 Å². The van der Waals surface area contributed by atoms with E-state index in [2.05, 4.69) is 41.0 Å². The normalized spacial score (nSPS) is 23.6. The van der Waals surface area contributed by atoms with Crippen molar-refractivity contribution in [2.24, 2.45) is 0 Å². The quantitative estimate of drug-likeness (QED) is 0.499. The molecule has 2 aliphatic heterocycles. The van der Waals surface area contributed by atoms with Crippen LogP contribution >= 0.6 is 0 Å². The third-order valence-corrected chi connectivity index (χ3v) is 6.60. The van der Waals surface area contributed by atoms with Crippen LogP contribution in [0.25, 0.3) is 0 Å². The van der Waals surface area contributed by atoms with Gasteiger partial charge < -0.3 is 8.83 Å². The number of nitriles is 1. The van der Waals surface area contributed by atoms with Crippen molar-refractivity contribution in [2.75, 3.05) is 0 Å². The minimum atomic E-state index is -0.795. The van der Waals surface area contributed by atoms with Crippen LogP contribution in [0.5, 0.6) is 0 Å². The molecule has 0 fully saturated rings. The van der Waals surface area contributed by atoms with Gasteiger partial charge in [-0.25, -0.2) is 0 Å². The highest BCUT2D eigenvalue weighted by Gasteiger charge is 2.67. The zero-order valence-corrected chi connectivity index (χ0v) is 15.1. The summed E-state index contributed by atoms with van der Waals surface area (Å²) >= 11 is 0. The molecule has 0 radical (unpaired) electrons. The standard InChI is InChI=1S/C24H17N2O2/c25-16-23-15-24(17-8-11-27-13-17,18-9-12-28-14-18)22(19-5-1-2-6-20(19)23)21-7-3-4-10-26(21)23/h1-14,22H,15H2/q+1/t22-,23-/m0/s1. The topological polar surface area (TPSA) is 54.0 Å². The number of fused-ring (bicyclic) bond motifs is 1. The molecule has 4 nitrogen and oxygen atoms in total. The molecule has 4 heteroatoms. The molecule has 2 atom stereocenters. The van der Waals surface area contributed by atoms with E-state index in [1.807, 2.05) is 43.0 Å². The van der Waals surface area contributed by atoms with Crippen molar-refractivity contribution in [3.63, 3.8) is 0 Å². The van der Waals surface area contributed by atoms with Gasteiger partial charge in [-0.2, -0.15) is 9.83 Å². The van der Waals surface area contributed by atoms with Crippen LogP contribution in [0.2, 0.25) is 0 Å². The predicted octanol–water partition coefficient (Wildman–Crippen LogP) is 4.26. The lowest BCUT2D eigenvalue weighted by atomic mass is 9.50. The van der Waals surface area contributed by atoms with Crippen LogP contribution in [0.4, 0.5) is 0 Å². The molecule has 0 unspecified atom stereocenters. The predicted molar refractivity (Wildman–Crippen MR) is 100 cm³/mol. The number of furan rings is 2. The first kappa shape index (κ1) is 15.5. The van der Waals surface area contributed by atoms with Gasteiger partial charge in [0.05, 0.1) is 36.4 Å². The first-order valence-electron chi connectivity index (χ1n) is 9.38. The van der Waals surface area contributed by atoms with Gasteiger partial charge in [0.1, 0.15) is 6.07 Å². The molecule has 5 heterocycles. The van der Waals surface area contributed by atoms with E-state index in [0.717, 1.165) is 22.4 Å². The van der Waals surface area contributed by atoms with E-state index in [1.54, 1.807) is 12.5 Å². The smallest absolute Gasteiger partial charge is 0.280 e.